The maximum Gasteiger partial charge on any atom is 0.264 e. The normalized spacial score (nSPS) is 46.3. The minimum atomic E-state index is -1.76. The summed E-state index contributed by atoms with van der Waals surface area (Å²) in [4.78, 5) is 58.8. The molecule has 2 aromatic rings. The van der Waals surface area contributed by atoms with Gasteiger partial charge in [-0.05, 0) is 58.2 Å². The lowest BCUT2D eigenvalue weighted by molar-refractivity contribution is -0.167. The molecule has 16 heteroatoms. The first-order valence-electron chi connectivity index (χ1n) is 15.5. The van der Waals surface area contributed by atoms with Crippen LogP contribution in [0.2, 0.25) is 0 Å². The number of hydrogen-bond donors (Lipinski definition) is 4. The van der Waals surface area contributed by atoms with Crippen molar-refractivity contribution in [2.45, 2.75) is 75.1 Å². The van der Waals surface area contributed by atoms with E-state index in [1.807, 2.05) is 55.5 Å². The van der Waals surface area contributed by atoms with Crippen molar-refractivity contribution >= 4 is 78.2 Å². The zero-order valence-corrected chi connectivity index (χ0v) is 28.9. The molecule has 8 fully saturated rings. The van der Waals surface area contributed by atoms with Gasteiger partial charge in [0.2, 0.25) is 9.74 Å². The van der Waals surface area contributed by atoms with Gasteiger partial charge >= 0.3 is 0 Å². The third-order valence-electron chi connectivity index (χ3n) is 12.4. The fourth-order valence-corrected chi connectivity index (χ4v) is 17.6. The van der Waals surface area contributed by atoms with Crippen LogP contribution in [0.15, 0.2) is 48.5 Å². The molecule has 0 aromatic heterocycles. The first-order valence-corrected chi connectivity index (χ1v) is 19.8. The molecule has 12 nitrogen and oxygen atoms in total. The lowest BCUT2D eigenvalue weighted by atomic mass is 9.52. The molecule has 244 valence electrons. The Balaban J connectivity index is 1.35. The highest BCUT2D eigenvalue weighted by atomic mass is 33.1. The Morgan fingerprint density at radius 1 is 0.681 bits per heavy atom. The summed E-state index contributed by atoms with van der Waals surface area (Å²) < 4.78 is 0. The average molecular weight is 711 g/mol. The van der Waals surface area contributed by atoms with E-state index in [4.69, 9.17) is 0 Å². The SMILES string of the molecule is CC[C@@]12SSC3(C(=O)N1C)[C@@H](O)[C@]1([C@@]45c6ccccc6N[C@@H]4N4C(=O)[C@@]6(C)SS[C@]4(C(=O)N6C)[C@H]5O)c4ccccc4N[C@@H]1N3C2=O. The number of aliphatic hydroxyl groups excluding tert-OH is 2. The molecule has 47 heavy (non-hydrogen) atoms. The van der Waals surface area contributed by atoms with Gasteiger partial charge in [-0.1, -0.05) is 64.9 Å². The number of anilines is 2. The molecular formula is C31H30N6O6S4. The van der Waals surface area contributed by atoms with Gasteiger partial charge in [0, 0.05) is 25.5 Å². The standard InChI is InChI=1S/C31H30N6O6S4/c1-5-27-23(41)37-21-29(15-11-7-9-13-17(15)33-21,19(39)31(37,47-45-27)25(43)35(27)4)28-14-10-6-8-12-16(14)32-20(28)36-22(40)26(2)34(3)24(42)30(36,18(28)38)46-44-26/h6-13,18-21,32-33,38-39H,5H2,1-4H3/t18-,19-,20+,21+,26+,27-,28+,29+,30-,31?/m0/s1. The Kier molecular flexibility index (Phi) is 5.17. The largest absolute Gasteiger partial charge is 0.388 e. The number of amides is 4. The van der Waals surface area contributed by atoms with Gasteiger partial charge in [-0.3, -0.25) is 29.0 Å². The Bertz CT molecular complexity index is 1920. The predicted octanol–water partition coefficient (Wildman–Crippen LogP) is 1.72. The number of fused-ring (bicyclic) bond motifs is 11. The Labute approximate surface area is 285 Å². The molecule has 10 atom stereocenters. The Morgan fingerprint density at radius 2 is 1.15 bits per heavy atom. The van der Waals surface area contributed by atoms with Crippen LogP contribution in [0.3, 0.4) is 0 Å². The van der Waals surface area contributed by atoms with Crippen LogP contribution in [0, 0.1) is 0 Å². The quantitative estimate of drug-likeness (QED) is 0.337. The van der Waals surface area contributed by atoms with Gasteiger partial charge in [0.1, 0.15) is 24.5 Å². The summed E-state index contributed by atoms with van der Waals surface area (Å²) in [6.07, 6.45) is -4.86. The van der Waals surface area contributed by atoms with Crippen LogP contribution in [0.5, 0.6) is 0 Å². The second-order valence-corrected chi connectivity index (χ2v) is 19.0. The van der Waals surface area contributed by atoms with E-state index in [1.54, 1.807) is 21.0 Å². The van der Waals surface area contributed by atoms with Crippen molar-refractivity contribution < 1.29 is 29.4 Å². The number of piperazine rings is 2. The molecule has 1 unspecified atom stereocenters. The van der Waals surface area contributed by atoms with E-state index < -0.39 is 66.7 Å². The van der Waals surface area contributed by atoms with Crippen molar-refractivity contribution in [1.82, 2.24) is 19.6 Å². The number of rotatable bonds is 2. The van der Waals surface area contributed by atoms with Gasteiger partial charge in [0.25, 0.3) is 23.6 Å². The average Bonchev–Trinajstić information content (AvgIpc) is 3.72. The molecule has 4 amide bonds. The van der Waals surface area contributed by atoms with Crippen LogP contribution >= 0.6 is 43.2 Å². The smallest absolute Gasteiger partial charge is 0.264 e. The van der Waals surface area contributed by atoms with Gasteiger partial charge in [0.05, 0.1) is 10.8 Å². The Morgan fingerprint density at radius 3 is 1.68 bits per heavy atom. The fourth-order valence-electron chi connectivity index (χ4n) is 10.2. The van der Waals surface area contributed by atoms with Crippen molar-refractivity contribution in [3.63, 3.8) is 0 Å². The highest BCUT2D eigenvalue weighted by Gasteiger charge is 2.93. The molecule has 0 aliphatic carbocycles. The summed E-state index contributed by atoms with van der Waals surface area (Å²) in [5.74, 6) is -1.46. The highest BCUT2D eigenvalue weighted by molar-refractivity contribution is 8.78. The molecule has 0 radical (unpaired) electrons. The fraction of sp³-hybridized carbons (Fsp3) is 0.484. The predicted molar refractivity (Wildman–Crippen MR) is 180 cm³/mol. The van der Waals surface area contributed by atoms with Crippen LogP contribution in [0.25, 0.3) is 0 Å². The van der Waals surface area contributed by atoms with Crippen LogP contribution < -0.4 is 10.6 Å². The van der Waals surface area contributed by atoms with Crippen molar-refractivity contribution in [3.8, 4) is 0 Å². The van der Waals surface area contributed by atoms with Crippen molar-refractivity contribution in [2.24, 2.45) is 0 Å². The maximum absolute atomic E-state index is 14.9. The Hall–Kier alpha value is -2.76. The van der Waals surface area contributed by atoms with Gasteiger partial charge in [-0.15, -0.1) is 0 Å². The van der Waals surface area contributed by atoms with Crippen LogP contribution in [-0.4, -0.2) is 112 Å². The molecule has 4 N–H and O–H groups in total. The number of benzene rings is 2. The number of carbonyl (C=O) groups excluding carboxylic acids is 4. The van der Waals surface area contributed by atoms with E-state index in [1.165, 1.54) is 62.8 Å². The summed E-state index contributed by atoms with van der Waals surface area (Å²) in [6, 6.07) is 14.8. The minimum absolute atomic E-state index is 0.307. The third kappa shape index (κ3) is 2.45. The molecular weight excluding hydrogens is 681 g/mol. The number of aliphatic hydroxyl groups is 2. The monoisotopic (exact) mass is 710 g/mol. The number of hydrogen-bond acceptors (Lipinski definition) is 12. The number of carbonyl (C=O) groups is 4. The van der Waals surface area contributed by atoms with E-state index in [0.717, 1.165) is 0 Å². The van der Waals surface area contributed by atoms with Crippen LogP contribution in [0.4, 0.5) is 11.4 Å². The number of likely N-dealkylation sites (N-methyl/N-ethyl adjacent to an activating group) is 2. The zero-order chi connectivity index (χ0) is 32.8. The maximum atomic E-state index is 14.9. The molecule has 2 spiro atoms. The molecule has 10 aliphatic rings. The number of nitrogens with one attached hydrogen (secondary N) is 2. The summed E-state index contributed by atoms with van der Waals surface area (Å²) in [7, 11) is 8.09. The van der Waals surface area contributed by atoms with Crippen LogP contribution in [-0.2, 0) is 30.0 Å². The third-order valence-corrected chi connectivity index (χ3v) is 19.9. The van der Waals surface area contributed by atoms with E-state index in [2.05, 4.69) is 10.6 Å². The van der Waals surface area contributed by atoms with Crippen molar-refractivity contribution in [2.75, 3.05) is 24.7 Å². The first kappa shape index (κ1) is 29.2. The van der Waals surface area contributed by atoms with E-state index in [9.17, 15) is 29.4 Å². The first-order chi connectivity index (χ1) is 22.4. The molecule has 10 heterocycles. The number of nitrogens with zero attached hydrogens (tertiary/aromatic N) is 4. The number of para-hydroxylation sites is 2. The summed E-state index contributed by atoms with van der Waals surface area (Å²) in [6.45, 7) is 3.58. The molecule has 10 aliphatic heterocycles. The highest BCUT2D eigenvalue weighted by Crippen LogP contribution is 2.78. The summed E-state index contributed by atoms with van der Waals surface area (Å²) >= 11 is 0. The molecule has 4 bridgehead atoms. The lowest BCUT2D eigenvalue weighted by Crippen LogP contribution is -2.78. The van der Waals surface area contributed by atoms with Gasteiger partial charge < -0.3 is 30.6 Å². The molecule has 0 saturated carbocycles. The minimum Gasteiger partial charge on any atom is -0.388 e. The molecule has 2 aromatic carbocycles. The second kappa shape index (κ2) is 8.33. The van der Waals surface area contributed by atoms with Crippen LogP contribution in [0.1, 0.15) is 31.4 Å². The topological polar surface area (TPSA) is 146 Å². The van der Waals surface area contributed by atoms with Crippen molar-refractivity contribution in [1.29, 1.82) is 0 Å². The lowest BCUT2D eigenvalue weighted by Gasteiger charge is -2.58. The van der Waals surface area contributed by atoms with E-state index >= 15 is 0 Å². The van der Waals surface area contributed by atoms with E-state index in [0.29, 0.717) is 28.9 Å². The van der Waals surface area contributed by atoms with Crippen molar-refractivity contribution in [3.05, 3.63) is 59.7 Å². The van der Waals surface area contributed by atoms with Gasteiger partial charge in [-0.2, -0.15) is 0 Å². The van der Waals surface area contributed by atoms with Gasteiger partial charge in [-0.25, -0.2) is 0 Å². The van der Waals surface area contributed by atoms with E-state index in [-0.39, 0.29) is 11.8 Å². The summed E-state index contributed by atoms with van der Waals surface area (Å²) in [5, 5.41) is 33.8. The summed E-state index contributed by atoms with van der Waals surface area (Å²) in [5.41, 5.74) is -0.761. The van der Waals surface area contributed by atoms with Gasteiger partial charge in [0.15, 0.2) is 9.74 Å². The molecule has 12 rings (SSSR count). The zero-order valence-electron chi connectivity index (χ0n) is 25.6. The second-order valence-electron chi connectivity index (χ2n) is 13.7. The molecule has 8 saturated heterocycles.